The molecule has 0 amide bonds. The van der Waals surface area contributed by atoms with Crippen LogP contribution < -0.4 is 0 Å². The van der Waals surface area contributed by atoms with E-state index < -0.39 is 0 Å². The number of pyridine rings is 1. The smallest absolute Gasteiger partial charge is 0.176 e. The number of aromatic nitrogens is 1. The maximum atomic E-state index is 12.6. The number of carbonyl (C=O) groups is 1. The standard InChI is InChI=1S/C15H15NOS/c17-15(14-6-1-2-9-18-14)12-5-3-4-11-7-8-16-10-13(11)12/h3-5,7-8,10,14H,1-2,6,9H2. The van der Waals surface area contributed by atoms with Crippen molar-refractivity contribution in [3.8, 4) is 0 Å². The van der Waals surface area contributed by atoms with Gasteiger partial charge in [0.05, 0.1) is 5.25 Å². The van der Waals surface area contributed by atoms with Gasteiger partial charge in [0, 0.05) is 23.3 Å². The first-order chi connectivity index (χ1) is 8.86. The minimum absolute atomic E-state index is 0.143. The summed E-state index contributed by atoms with van der Waals surface area (Å²) < 4.78 is 0. The summed E-state index contributed by atoms with van der Waals surface area (Å²) in [5.41, 5.74) is 0.833. The summed E-state index contributed by atoms with van der Waals surface area (Å²) in [5, 5.41) is 2.22. The fraction of sp³-hybridized carbons (Fsp3) is 0.333. The Kier molecular flexibility index (Phi) is 3.33. The molecule has 3 heteroatoms. The molecule has 1 fully saturated rings. The summed E-state index contributed by atoms with van der Waals surface area (Å²) in [4.78, 5) is 16.7. The third-order valence-electron chi connectivity index (χ3n) is 3.42. The largest absolute Gasteiger partial charge is 0.293 e. The second-order valence-electron chi connectivity index (χ2n) is 4.62. The fourth-order valence-electron chi connectivity index (χ4n) is 2.45. The first-order valence-corrected chi connectivity index (χ1v) is 7.40. The lowest BCUT2D eigenvalue weighted by Gasteiger charge is -2.20. The van der Waals surface area contributed by atoms with E-state index >= 15 is 0 Å². The molecule has 2 nitrogen and oxygen atoms in total. The van der Waals surface area contributed by atoms with Crippen LogP contribution in [0.2, 0.25) is 0 Å². The van der Waals surface area contributed by atoms with Crippen LogP contribution >= 0.6 is 11.8 Å². The Labute approximate surface area is 111 Å². The van der Waals surface area contributed by atoms with Crippen LogP contribution in [0.25, 0.3) is 10.8 Å². The van der Waals surface area contributed by atoms with Crippen molar-refractivity contribution in [2.75, 3.05) is 5.75 Å². The molecule has 1 aliphatic rings. The SMILES string of the molecule is O=C(c1cccc2ccncc12)C1CCCCS1. The number of nitrogens with zero attached hydrogens (tertiary/aromatic N) is 1. The molecule has 0 spiro atoms. The lowest BCUT2D eigenvalue weighted by Crippen LogP contribution is -2.21. The molecule has 0 N–H and O–H groups in total. The van der Waals surface area contributed by atoms with Crippen LogP contribution in [0.15, 0.2) is 36.7 Å². The van der Waals surface area contributed by atoms with Gasteiger partial charge in [-0.3, -0.25) is 9.78 Å². The maximum absolute atomic E-state index is 12.6. The van der Waals surface area contributed by atoms with Gasteiger partial charge in [-0.05, 0) is 30.0 Å². The molecule has 2 heterocycles. The van der Waals surface area contributed by atoms with Gasteiger partial charge in [0.15, 0.2) is 5.78 Å². The predicted octanol–water partition coefficient (Wildman–Crippen LogP) is 3.70. The Hall–Kier alpha value is -1.35. The van der Waals surface area contributed by atoms with Crippen molar-refractivity contribution >= 4 is 28.3 Å². The first-order valence-electron chi connectivity index (χ1n) is 6.35. The maximum Gasteiger partial charge on any atom is 0.176 e. The van der Waals surface area contributed by atoms with E-state index in [0.717, 1.165) is 28.5 Å². The number of hydrogen-bond donors (Lipinski definition) is 0. The highest BCUT2D eigenvalue weighted by Gasteiger charge is 2.24. The second-order valence-corrected chi connectivity index (χ2v) is 5.93. The van der Waals surface area contributed by atoms with Gasteiger partial charge >= 0.3 is 0 Å². The van der Waals surface area contributed by atoms with Crippen molar-refractivity contribution in [2.45, 2.75) is 24.5 Å². The zero-order chi connectivity index (χ0) is 12.4. The quantitative estimate of drug-likeness (QED) is 0.768. The molecule has 2 aromatic rings. The number of benzene rings is 1. The minimum Gasteiger partial charge on any atom is -0.293 e. The molecule has 3 rings (SSSR count). The number of hydrogen-bond acceptors (Lipinski definition) is 3. The van der Waals surface area contributed by atoms with Gasteiger partial charge in [0.25, 0.3) is 0 Å². The van der Waals surface area contributed by atoms with Crippen LogP contribution in [0.4, 0.5) is 0 Å². The van der Waals surface area contributed by atoms with E-state index in [2.05, 4.69) is 4.98 Å². The number of Topliss-reactive ketones (excluding diaryl/α,β-unsaturated/α-hetero) is 1. The van der Waals surface area contributed by atoms with Gasteiger partial charge < -0.3 is 0 Å². The molecular weight excluding hydrogens is 242 g/mol. The molecule has 1 aromatic carbocycles. The van der Waals surface area contributed by atoms with Gasteiger partial charge in [-0.2, -0.15) is 11.8 Å². The van der Waals surface area contributed by atoms with Crippen molar-refractivity contribution in [1.29, 1.82) is 0 Å². The highest BCUT2D eigenvalue weighted by Crippen LogP contribution is 2.29. The minimum atomic E-state index is 0.143. The Morgan fingerprint density at radius 1 is 1.28 bits per heavy atom. The summed E-state index contributed by atoms with van der Waals surface area (Å²) in [5.74, 6) is 1.39. The van der Waals surface area contributed by atoms with Gasteiger partial charge in [-0.1, -0.05) is 24.6 Å². The summed E-state index contributed by atoms with van der Waals surface area (Å²) in [7, 11) is 0. The van der Waals surface area contributed by atoms with Crippen molar-refractivity contribution in [1.82, 2.24) is 4.98 Å². The zero-order valence-electron chi connectivity index (χ0n) is 10.1. The van der Waals surface area contributed by atoms with Gasteiger partial charge in [0.1, 0.15) is 0 Å². The molecule has 0 bridgehead atoms. The van der Waals surface area contributed by atoms with Crippen LogP contribution in [-0.2, 0) is 0 Å². The first kappa shape index (κ1) is 11.7. The Bertz CT molecular complexity index is 570. The average molecular weight is 257 g/mol. The molecule has 1 aliphatic heterocycles. The molecule has 1 aromatic heterocycles. The molecule has 1 saturated heterocycles. The summed E-state index contributed by atoms with van der Waals surface area (Å²) in [6, 6.07) is 7.88. The molecule has 0 saturated carbocycles. The normalized spacial score (nSPS) is 19.9. The second kappa shape index (κ2) is 5.11. The summed E-state index contributed by atoms with van der Waals surface area (Å²) in [6.07, 6.45) is 7.00. The summed E-state index contributed by atoms with van der Waals surface area (Å²) >= 11 is 1.80. The highest BCUT2D eigenvalue weighted by atomic mass is 32.2. The van der Waals surface area contributed by atoms with Crippen LogP contribution in [0.3, 0.4) is 0 Å². The average Bonchev–Trinajstić information content (AvgIpc) is 2.47. The topological polar surface area (TPSA) is 30.0 Å². The lowest BCUT2D eigenvalue weighted by atomic mass is 9.99. The van der Waals surface area contributed by atoms with Crippen LogP contribution in [-0.4, -0.2) is 21.8 Å². The van der Waals surface area contributed by atoms with Crippen molar-refractivity contribution in [3.63, 3.8) is 0 Å². The summed E-state index contributed by atoms with van der Waals surface area (Å²) in [6.45, 7) is 0. The fourth-order valence-corrected chi connectivity index (χ4v) is 3.72. The number of fused-ring (bicyclic) bond motifs is 1. The van der Waals surface area contributed by atoms with Crippen LogP contribution in [0.5, 0.6) is 0 Å². The molecule has 18 heavy (non-hydrogen) atoms. The molecule has 1 unspecified atom stereocenters. The molecule has 0 aliphatic carbocycles. The Morgan fingerprint density at radius 2 is 2.22 bits per heavy atom. The molecular formula is C15H15NOS. The Balaban J connectivity index is 2.00. The lowest BCUT2D eigenvalue weighted by molar-refractivity contribution is 0.0986. The van der Waals surface area contributed by atoms with Gasteiger partial charge in [-0.15, -0.1) is 0 Å². The number of carbonyl (C=O) groups excluding carboxylic acids is 1. The van der Waals surface area contributed by atoms with Crippen molar-refractivity contribution < 1.29 is 4.79 Å². The number of rotatable bonds is 2. The van der Waals surface area contributed by atoms with Crippen LogP contribution in [0.1, 0.15) is 29.6 Å². The predicted molar refractivity (Wildman–Crippen MR) is 76.2 cm³/mol. The van der Waals surface area contributed by atoms with Crippen LogP contribution in [0, 0.1) is 0 Å². The molecule has 92 valence electrons. The van der Waals surface area contributed by atoms with E-state index in [9.17, 15) is 4.79 Å². The van der Waals surface area contributed by atoms with E-state index in [4.69, 9.17) is 0 Å². The van der Waals surface area contributed by atoms with Crippen molar-refractivity contribution in [3.05, 3.63) is 42.2 Å². The highest BCUT2D eigenvalue weighted by molar-refractivity contribution is 8.00. The van der Waals surface area contributed by atoms with Gasteiger partial charge in [0.2, 0.25) is 0 Å². The number of thioether (sulfide) groups is 1. The zero-order valence-corrected chi connectivity index (χ0v) is 11.0. The van der Waals surface area contributed by atoms with Gasteiger partial charge in [-0.25, -0.2) is 0 Å². The molecule has 0 radical (unpaired) electrons. The molecule has 1 atom stereocenters. The number of ketones is 1. The van der Waals surface area contributed by atoms with E-state index in [1.54, 1.807) is 24.2 Å². The van der Waals surface area contributed by atoms with E-state index in [0.29, 0.717) is 0 Å². The van der Waals surface area contributed by atoms with E-state index in [1.165, 1.54) is 12.8 Å². The third kappa shape index (κ3) is 2.15. The van der Waals surface area contributed by atoms with E-state index in [1.807, 2.05) is 24.3 Å². The van der Waals surface area contributed by atoms with E-state index in [-0.39, 0.29) is 11.0 Å². The third-order valence-corrected chi connectivity index (χ3v) is 4.80. The Morgan fingerprint density at radius 3 is 3.06 bits per heavy atom. The van der Waals surface area contributed by atoms with Crippen molar-refractivity contribution in [2.24, 2.45) is 0 Å². The monoisotopic (exact) mass is 257 g/mol.